The van der Waals surface area contributed by atoms with E-state index in [0.29, 0.717) is 37.1 Å². The Balaban J connectivity index is 0.000000298. The molecule has 0 saturated carbocycles. The van der Waals surface area contributed by atoms with Crippen LogP contribution in [-0.4, -0.2) is 64.1 Å². The minimum Gasteiger partial charge on any atom is -0.462 e. The summed E-state index contributed by atoms with van der Waals surface area (Å²) in [6.07, 6.45) is 3.01. The summed E-state index contributed by atoms with van der Waals surface area (Å²) in [5.41, 5.74) is 0.110. The number of ether oxygens (including phenoxy) is 1. The molecule has 1 N–H and O–H groups in total. The van der Waals surface area contributed by atoms with Crippen molar-refractivity contribution < 1.29 is 18.7 Å². The van der Waals surface area contributed by atoms with Gasteiger partial charge in [-0.2, -0.15) is 15.0 Å². The molecule has 0 aliphatic carbocycles. The summed E-state index contributed by atoms with van der Waals surface area (Å²) in [6, 6.07) is 4.53. The van der Waals surface area contributed by atoms with Crippen LogP contribution in [0.4, 0.5) is 4.39 Å². The van der Waals surface area contributed by atoms with Gasteiger partial charge in [-0.25, -0.2) is 4.39 Å². The fraction of sp³-hybridized carbons (Fsp3) is 0.500. The molecule has 1 aromatic heterocycles. The number of aromatic nitrogens is 3. The van der Waals surface area contributed by atoms with Crippen molar-refractivity contribution >= 4 is 12.4 Å². The van der Waals surface area contributed by atoms with Gasteiger partial charge in [0.15, 0.2) is 0 Å². The average molecular weight is 403 g/mol. The van der Waals surface area contributed by atoms with Gasteiger partial charge in [0.25, 0.3) is 12.4 Å². The molecule has 29 heavy (non-hydrogen) atoms. The topological polar surface area (TPSA) is 89.4 Å². The van der Waals surface area contributed by atoms with Crippen LogP contribution in [-0.2, 0) is 9.53 Å². The molecule has 2 saturated heterocycles. The normalized spacial score (nSPS) is 20.6. The fourth-order valence-corrected chi connectivity index (χ4v) is 3.55. The van der Waals surface area contributed by atoms with Gasteiger partial charge in [0.2, 0.25) is 0 Å². The third-order valence-corrected chi connectivity index (χ3v) is 4.92. The Morgan fingerprint density at radius 2 is 1.83 bits per heavy atom. The zero-order valence-corrected chi connectivity index (χ0v) is 16.8. The van der Waals surface area contributed by atoms with E-state index in [1.807, 2.05) is 20.8 Å². The van der Waals surface area contributed by atoms with Gasteiger partial charge in [-0.15, -0.1) is 0 Å². The maximum Gasteiger partial charge on any atom is 0.293 e. The van der Waals surface area contributed by atoms with Gasteiger partial charge >= 0.3 is 0 Å². The van der Waals surface area contributed by atoms with Crippen molar-refractivity contribution in [3.05, 3.63) is 42.0 Å². The Labute approximate surface area is 169 Å². The van der Waals surface area contributed by atoms with E-state index in [9.17, 15) is 14.0 Å². The van der Waals surface area contributed by atoms with Crippen LogP contribution in [0.1, 0.15) is 31.1 Å². The SMILES string of the molecule is CC(C)(C)OC=O.O=C(c1c(F)cccc1-n1nccn1)N1CC2CNCC2C1. The Kier molecular flexibility index (Phi) is 6.26. The van der Waals surface area contributed by atoms with Gasteiger partial charge in [0.1, 0.15) is 22.7 Å². The molecule has 2 atom stereocenters. The van der Waals surface area contributed by atoms with Crippen LogP contribution >= 0.6 is 0 Å². The number of carbonyl (C=O) groups is 2. The molecule has 0 bridgehead atoms. The van der Waals surface area contributed by atoms with Crippen LogP contribution < -0.4 is 5.32 Å². The van der Waals surface area contributed by atoms with E-state index in [0.717, 1.165) is 13.1 Å². The lowest BCUT2D eigenvalue weighted by Crippen LogP contribution is -2.33. The lowest BCUT2D eigenvalue weighted by molar-refractivity contribution is -0.138. The molecular weight excluding hydrogens is 377 g/mol. The molecule has 3 heterocycles. The highest BCUT2D eigenvalue weighted by Gasteiger charge is 2.39. The van der Waals surface area contributed by atoms with E-state index in [1.54, 1.807) is 17.0 Å². The number of hydrogen-bond acceptors (Lipinski definition) is 6. The van der Waals surface area contributed by atoms with Gasteiger partial charge in [-0.05, 0) is 44.7 Å². The summed E-state index contributed by atoms with van der Waals surface area (Å²) >= 11 is 0. The maximum absolute atomic E-state index is 14.3. The van der Waals surface area contributed by atoms with Gasteiger partial charge in [-0.3, -0.25) is 9.59 Å². The van der Waals surface area contributed by atoms with Crippen molar-refractivity contribution in [1.29, 1.82) is 0 Å². The predicted molar refractivity (Wildman–Crippen MR) is 104 cm³/mol. The standard InChI is InChI=1S/C15H16FN5O.C5H10O2/c16-12-2-1-3-13(21-18-4-5-19-21)14(12)15(22)20-8-10-6-17-7-11(10)9-20;1-5(2,3)7-4-6/h1-5,10-11,17H,6-9H2;4H,1-3H3. The number of carbonyl (C=O) groups excluding carboxylic acids is 2. The highest BCUT2D eigenvalue weighted by Crippen LogP contribution is 2.29. The Hall–Kier alpha value is -2.81. The van der Waals surface area contributed by atoms with E-state index in [-0.39, 0.29) is 17.1 Å². The molecule has 9 heteroatoms. The zero-order valence-electron chi connectivity index (χ0n) is 16.8. The average Bonchev–Trinajstić information content (AvgIpc) is 3.37. The summed E-state index contributed by atoms with van der Waals surface area (Å²) in [6.45, 7) is 9.14. The molecule has 1 amide bonds. The number of nitrogens with one attached hydrogen (secondary N) is 1. The molecule has 8 nitrogen and oxygen atoms in total. The van der Waals surface area contributed by atoms with Crippen molar-refractivity contribution in [2.75, 3.05) is 26.2 Å². The summed E-state index contributed by atoms with van der Waals surface area (Å²) in [5, 5.41) is 11.4. The van der Waals surface area contributed by atoms with E-state index >= 15 is 0 Å². The second kappa shape index (κ2) is 8.69. The third-order valence-electron chi connectivity index (χ3n) is 4.92. The smallest absolute Gasteiger partial charge is 0.293 e. The highest BCUT2D eigenvalue weighted by atomic mass is 19.1. The molecule has 2 aliphatic heterocycles. The molecule has 2 aromatic rings. The first kappa shape index (κ1) is 20.9. The van der Waals surface area contributed by atoms with E-state index < -0.39 is 5.82 Å². The molecular formula is C20H26FN5O3. The minimum atomic E-state index is -0.532. The van der Waals surface area contributed by atoms with Crippen LogP contribution in [0.3, 0.4) is 0 Å². The van der Waals surface area contributed by atoms with E-state index in [4.69, 9.17) is 0 Å². The lowest BCUT2D eigenvalue weighted by Gasteiger charge is -2.19. The highest BCUT2D eigenvalue weighted by molar-refractivity contribution is 5.98. The molecule has 1 aromatic carbocycles. The number of likely N-dealkylation sites (tertiary alicyclic amines) is 1. The lowest BCUT2D eigenvalue weighted by atomic mass is 10.0. The first-order chi connectivity index (χ1) is 13.8. The van der Waals surface area contributed by atoms with Crippen molar-refractivity contribution in [3.8, 4) is 5.69 Å². The Morgan fingerprint density at radius 3 is 2.34 bits per heavy atom. The molecule has 0 spiro atoms. The number of hydrogen-bond donors (Lipinski definition) is 1. The van der Waals surface area contributed by atoms with Crippen LogP contribution in [0.5, 0.6) is 0 Å². The number of benzene rings is 1. The third kappa shape index (κ3) is 4.97. The molecule has 2 fully saturated rings. The largest absolute Gasteiger partial charge is 0.462 e. The van der Waals surface area contributed by atoms with Gasteiger partial charge in [0.05, 0.1) is 12.4 Å². The second-order valence-electron chi connectivity index (χ2n) is 8.17. The summed E-state index contributed by atoms with van der Waals surface area (Å²) in [4.78, 5) is 25.4. The van der Waals surface area contributed by atoms with E-state index in [1.165, 1.54) is 23.3 Å². The van der Waals surface area contributed by atoms with Crippen molar-refractivity contribution in [1.82, 2.24) is 25.2 Å². The first-order valence-electron chi connectivity index (χ1n) is 9.57. The maximum atomic E-state index is 14.3. The molecule has 156 valence electrons. The van der Waals surface area contributed by atoms with Crippen LogP contribution in [0.2, 0.25) is 0 Å². The van der Waals surface area contributed by atoms with Gasteiger partial charge < -0.3 is 15.0 Å². The van der Waals surface area contributed by atoms with Crippen LogP contribution in [0.25, 0.3) is 5.69 Å². The Morgan fingerprint density at radius 1 is 1.21 bits per heavy atom. The van der Waals surface area contributed by atoms with Crippen molar-refractivity contribution in [3.63, 3.8) is 0 Å². The number of amides is 1. The number of halogens is 1. The van der Waals surface area contributed by atoms with Crippen LogP contribution in [0, 0.1) is 17.7 Å². The number of nitrogens with zero attached hydrogens (tertiary/aromatic N) is 4. The van der Waals surface area contributed by atoms with Crippen molar-refractivity contribution in [2.24, 2.45) is 11.8 Å². The molecule has 0 radical (unpaired) electrons. The fourth-order valence-electron chi connectivity index (χ4n) is 3.55. The van der Waals surface area contributed by atoms with Crippen molar-refractivity contribution in [2.45, 2.75) is 26.4 Å². The monoisotopic (exact) mass is 403 g/mol. The minimum absolute atomic E-state index is 0.0478. The first-order valence-corrected chi connectivity index (χ1v) is 9.57. The van der Waals surface area contributed by atoms with E-state index in [2.05, 4.69) is 20.3 Å². The predicted octanol–water partition coefficient (Wildman–Crippen LogP) is 1.66. The summed E-state index contributed by atoms with van der Waals surface area (Å²) in [5.74, 6) is 0.138. The van der Waals surface area contributed by atoms with Crippen LogP contribution in [0.15, 0.2) is 30.6 Å². The summed E-state index contributed by atoms with van der Waals surface area (Å²) < 4.78 is 18.9. The van der Waals surface area contributed by atoms with Gasteiger partial charge in [-0.1, -0.05) is 6.07 Å². The molecule has 2 aliphatic rings. The van der Waals surface area contributed by atoms with Gasteiger partial charge in [0, 0.05) is 26.2 Å². The quantitative estimate of drug-likeness (QED) is 0.784. The zero-order chi connectivity index (χ0) is 21.0. The molecule has 2 unspecified atom stereocenters. The number of fused-ring (bicyclic) bond motifs is 1. The summed E-state index contributed by atoms with van der Waals surface area (Å²) in [7, 11) is 0. The Bertz CT molecular complexity index is 838. The number of rotatable bonds is 3. The molecule has 4 rings (SSSR count). The second-order valence-corrected chi connectivity index (χ2v) is 8.17.